The Balaban J connectivity index is 1.95. The molecule has 2 aliphatic heterocycles. The molecule has 0 spiro atoms. The van der Waals surface area contributed by atoms with Crippen LogP contribution < -0.4 is 9.47 Å². The van der Waals surface area contributed by atoms with Gasteiger partial charge in [0.15, 0.2) is 6.20 Å². The third-order valence-corrected chi connectivity index (χ3v) is 4.24. The zero-order valence-corrected chi connectivity index (χ0v) is 11.6. The molecule has 96 valence electrons. The van der Waals surface area contributed by atoms with Gasteiger partial charge in [-0.1, -0.05) is 0 Å². The highest BCUT2D eigenvalue weighted by Gasteiger charge is 2.31. The van der Waals surface area contributed by atoms with E-state index < -0.39 is 0 Å². The second-order valence-corrected chi connectivity index (χ2v) is 5.65. The number of aryl methyl sites for hydroxylation is 1. The van der Waals surface area contributed by atoms with Crippen LogP contribution in [0.2, 0.25) is 0 Å². The van der Waals surface area contributed by atoms with Crippen molar-refractivity contribution in [3.63, 3.8) is 0 Å². The Hall–Kier alpha value is -1.51. The first-order chi connectivity index (χ1) is 8.65. The van der Waals surface area contributed by atoms with Crippen molar-refractivity contribution >= 4 is 11.3 Å². The van der Waals surface area contributed by atoms with Crippen LogP contribution in [0.15, 0.2) is 24.5 Å². The van der Waals surface area contributed by atoms with Gasteiger partial charge in [0.25, 0.3) is 0 Å². The Morgan fingerprint density at radius 1 is 1.33 bits per heavy atom. The Morgan fingerprint density at radius 2 is 2.17 bits per heavy atom. The smallest absolute Gasteiger partial charge is 0.211 e. The molecular weight excluding hydrogens is 222 g/mol. The highest BCUT2D eigenvalue weighted by molar-refractivity contribution is 5.64. The summed E-state index contributed by atoms with van der Waals surface area (Å²) in [4.78, 5) is 4.67. The fourth-order valence-electron chi connectivity index (χ4n) is 2.88. The summed E-state index contributed by atoms with van der Waals surface area (Å²) in [6.45, 7) is 1.24. The highest BCUT2D eigenvalue weighted by Crippen LogP contribution is 2.33. The molecule has 0 N–H and O–H groups in total. The standard InChI is InChI=1S/C15H22N3/c1-16(2)14-6-8-17(3)15(10-14)12-4-5-13-7-9-18(13)11-12/h6,8,10-11,13H,4-5,7,9H2,1-3H3/q+1. The van der Waals surface area contributed by atoms with Gasteiger partial charge in [-0.3, -0.25) is 0 Å². The summed E-state index contributed by atoms with van der Waals surface area (Å²) in [7, 11) is 6.33. The van der Waals surface area contributed by atoms with E-state index in [0.717, 1.165) is 6.04 Å². The third kappa shape index (κ3) is 1.88. The lowest BCUT2D eigenvalue weighted by atomic mass is 9.90. The highest BCUT2D eigenvalue weighted by atomic mass is 15.2. The molecule has 3 rings (SSSR count). The van der Waals surface area contributed by atoms with Crippen LogP contribution in [0.3, 0.4) is 0 Å². The Bertz CT molecular complexity index is 491. The number of fused-ring (bicyclic) bond motifs is 1. The summed E-state index contributed by atoms with van der Waals surface area (Å²) in [5.41, 5.74) is 4.11. The molecule has 0 radical (unpaired) electrons. The Morgan fingerprint density at radius 3 is 2.78 bits per heavy atom. The normalized spacial score (nSPS) is 22.1. The van der Waals surface area contributed by atoms with Gasteiger partial charge in [-0.2, -0.15) is 0 Å². The summed E-state index contributed by atoms with van der Waals surface area (Å²) in [6.07, 6.45) is 8.46. The predicted octanol–water partition coefficient (Wildman–Crippen LogP) is 1.79. The van der Waals surface area contributed by atoms with Crippen LogP contribution in [0.25, 0.3) is 5.57 Å². The molecule has 1 atom stereocenters. The lowest BCUT2D eigenvalue weighted by molar-refractivity contribution is -0.673. The molecule has 0 amide bonds. The molecule has 3 heteroatoms. The van der Waals surface area contributed by atoms with E-state index in [-0.39, 0.29) is 0 Å². The molecule has 1 aromatic heterocycles. The average Bonchev–Trinajstić information content (AvgIpc) is 2.31. The zero-order chi connectivity index (χ0) is 12.7. The van der Waals surface area contributed by atoms with E-state index in [1.54, 1.807) is 0 Å². The van der Waals surface area contributed by atoms with E-state index in [2.05, 4.69) is 60.0 Å². The van der Waals surface area contributed by atoms with Gasteiger partial charge in [-0.25, -0.2) is 4.57 Å². The first-order valence-corrected chi connectivity index (χ1v) is 6.79. The van der Waals surface area contributed by atoms with Crippen molar-refractivity contribution in [2.24, 2.45) is 7.05 Å². The molecule has 0 aliphatic carbocycles. The molecule has 3 heterocycles. The van der Waals surface area contributed by atoms with Crippen molar-refractivity contribution in [2.45, 2.75) is 25.3 Å². The van der Waals surface area contributed by atoms with E-state index in [9.17, 15) is 0 Å². The van der Waals surface area contributed by atoms with Gasteiger partial charge in [-0.15, -0.1) is 0 Å². The Kier molecular flexibility index (Phi) is 2.77. The summed E-state index contributed by atoms with van der Waals surface area (Å²) in [5, 5.41) is 0. The summed E-state index contributed by atoms with van der Waals surface area (Å²) in [5.74, 6) is 0. The molecule has 0 aromatic carbocycles. The van der Waals surface area contributed by atoms with Crippen molar-refractivity contribution in [1.29, 1.82) is 0 Å². The molecule has 1 aromatic rings. The minimum Gasteiger partial charge on any atom is -0.377 e. The van der Waals surface area contributed by atoms with Crippen molar-refractivity contribution in [3.8, 4) is 0 Å². The number of aromatic nitrogens is 1. The topological polar surface area (TPSA) is 10.4 Å². The number of rotatable bonds is 2. The monoisotopic (exact) mass is 244 g/mol. The van der Waals surface area contributed by atoms with Crippen LogP contribution in [-0.4, -0.2) is 31.6 Å². The number of hydrogen-bond acceptors (Lipinski definition) is 2. The lowest BCUT2D eigenvalue weighted by Gasteiger charge is -2.43. The second kappa shape index (κ2) is 4.30. The molecule has 0 saturated carbocycles. The maximum absolute atomic E-state index is 2.50. The fourth-order valence-corrected chi connectivity index (χ4v) is 2.88. The van der Waals surface area contributed by atoms with Crippen LogP contribution in [-0.2, 0) is 7.05 Å². The van der Waals surface area contributed by atoms with E-state index in [4.69, 9.17) is 0 Å². The maximum Gasteiger partial charge on any atom is 0.211 e. The molecule has 1 fully saturated rings. The van der Waals surface area contributed by atoms with Gasteiger partial charge in [-0.05, 0) is 19.3 Å². The molecule has 18 heavy (non-hydrogen) atoms. The van der Waals surface area contributed by atoms with Crippen LogP contribution >= 0.6 is 0 Å². The van der Waals surface area contributed by atoms with Gasteiger partial charge in [0.2, 0.25) is 5.69 Å². The van der Waals surface area contributed by atoms with Crippen LogP contribution in [0.5, 0.6) is 0 Å². The molecule has 3 nitrogen and oxygen atoms in total. The van der Waals surface area contributed by atoms with Gasteiger partial charge in [0, 0.05) is 56.3 Å². The number of allylic oxidation sites excluding steroid dienone is 1. The number of hydrogen-bond donors (Lipinski definition) is 0. The molecule has 1 saturated heterocycles. The van der Waals surface area contributed by atoms with E-state index in [0.29, 0.717) is 0 Å². The molecule has 2 aliphatic rings. The maximum atomic E-state index is 2.50. The van der Waals surface area contributed by atoms with Crippen LogP contribution in [0.1, 0.15) is 25.0 Å². The zero-order valence-electron chi connectivity index (χ0n) is 11.6. The van der Waals surface area contributed by atoms with Gasteiger partial charge in [0.1, 0.15) is 7.05 Å². The quantitative estimate of drug-likeness (QED) is 0.734. The average molecular weight is 244 g/mol. The van der Waals surface area contributed by atoms with Crippen molar-refractivity contribution < 1.29 is 4.57 Å². The lowest BCUT2D eigenvalue weighted by Crippen LogP contribution is -2.46. The van der Waals surface area contributed by atoms with Gasteiger partial charge in [0.05, 0.1) is 0 Å². The third-order valence-electron chi connectivity index (χ3n) is 4.24. The van der Waals surface area contributed by atoms with E-state index >= 15 is 0 Å². The molecule has 1 unspecified atom stereocenters. The second-order valence-electron chi connectivity index (χ2n) is 5.65. The Labute approximate surface area is 109 Å². The van der Waals surface area contributed by atoms with Crippen LogP contribution in [0, 0.1) is 0 Å². The predicted molar refractivity (Wildman–Crippen MR) is 74.3 cm³/mol. The van der Waals surface area contributed by atoms with Crippen LogP contribution in [0.4, 0.5) is 5.69 Å². The van der Waals surface area contributed by atoms with Crippen molar-refractivity contribution in [3.05, 3.63) is 30.2 Å². The van der Waals surface area contributed by atoms with Crippen molar-refractivity contribution in [1.82, 2.24) is 4.90 Å². The SMILES string of the molecule is CN(C)c1cc[n+](C)c(C2=CN3CCC3CC2)c1. The fraction of sp³-hybridized carbons (Fsp3) is 0.533. The van der Waals surface area contributed by atoms with Gasteiger partial charge >= 0.3 is 0 Å². The molecular formula is C15H22N3+. The summed E-state index contributed by atoms with van der Waals surface area (Å²) in [6, 6.07) is 5.29. The van der Waals surface area contributed by atoms with Crippen molar-refractivity contribution in [2.75, 3.05) is 25.5 Å². The summed E-state index contributed by atoms with van der Waals surface area (Å²) < 4.78 is 2.24. The number of nitrogens with zero attached hydrogens (tertiary/aromatic N) is 3. The van der Waals surface area contributed by atoms with E-state index in [1.165, 1.54) is 42.8 Å². The first-order valence-electron chi connectivity index (χ1n) is 6.79. The molecule has 0 bridgehead atoms. The number of pyridine rings is 1. The minimum atomic E-state index is 0.830. The first kappa shape index (κ1) is 11.6. The largest absolute Gasteiger partial charge is 0.377 e. The van der Waals surface area contributed by atoms with E-state index in [1.807, 2.05) is 0 Å². The van der Waals surface area contributed by atoms with Gasteiger partial charge < -0.3 is 9.80 Å². The number of anilines is 1. The minimum absolute atomic E-state index is 0.830. The summed E-state index contributed by atoms with van der Waals surface area (Å²) >= 11 is 0.